The molecule has 1 saturated carbocycles. The van der Waals surface area contributed by atoms with Crippen molar-refractivity contribution in [2.45, 2.75) is 44.8 Å². The first-order valence-electron chi connectivity index (χ1n) is 7.86. The van der Waals surface area contributed by atoms with Crippen molar-refractivity contribution in [3.63, 3.8) is 0 Å². The molecular formula is C17H20ClN3O2. The molecule has 23 heavy (non-hydrogen) atoms. The highest BCUT2D eigenvalue weighted by atomic mass is 35.5. The van der Waals surface area contributed by atoms with Crippen molar-refractivity contribution in [2.24, 2.45) is 0 Å². The predicted octanol–water partition coefficient (Wildman–Crippen LogP) is 2.87. The van der Waals surface area contributed by atoms with Gasteiger partial charge in [0.15, 0.2) is 0 Å². The van der Waals surface area contributed by atoms with Gasteiger partial charge < -0.3 is 10.4 Å². The van der Waals surface area contributed by atoms with E-state index < -0.39 is 6.10 Å². The van der Waals surface area contributed by atoms with Crippen molar-refractivity contribution in [2.75, 3.05) is 0 Å². The molecule has 1 aliphatic rings. The largest absolute Gasteiger partial charge is 0.391 e. The molecule has 1 aromatic carbocycles. The van der Waals surface area contributed by atoms with E-state index in [-0.39, 0.29) is 11.9 Å². The summed E-state index contributed by atoms with van der Waals surface area (Å²) in [6, 6.07) is 7.19. The lowest BCUT2D eigenvalue weighted by atomic mass is 9.92. The summed E-state index contributed by atoms with van der Waals surface area (Å²) < 4.78 is 1.66. The Morgan fingerprint density at radius 3 is 2.83 bits per heavy atom. The minimum absolute atomic E-state index is 0.181. The molecule has 3 rings (SSSR count). The molecule has 5 nitrogen and oxygen atoms in total. The highest BCUT2D eigenvalue weighted by molar-refractivity contribution is 6.32. The van der Waals surface area contributed by atoms with Gasteiger partial charge in [0, 0.05) is 0 Å². The van der Waals surface area contributed by atoms with Gasteiger partial charge in [-0.05, 0) is 31.9 Å². The average molecular weight is 334 g/mol. The normalized spacial score (nSPS) is 21.2. The lowest BCUT2D eigenvalue weighted by Gasteiger charge is -2.28. The van der Waals surface area contributed by atoms with E-state index in [4.69, 9.17) is 11.6 Å². The third-order valence-electron chi connectivity index (χ3n) is 4.38. The van der Waals surface area contributed by atoms with Crippen molar-refractivity contribution < 1.29 is 9.90 Å². The number of aliphatic hydroxyl groups is 1. The maximum absolute atomic E-state index is 12.5. The van der Waals surface area contributed by atoms with Crippen LogP contribution in [0.1, 0.15) is 41.7 Å². The van der Waals surface area contributed by atoms with Crippen LogP contribution in [-0.4, -0.2) is 32.9 Å². The SMILES string of the molecule is Cc1c(C(=O)NC2CCCCC2O)cnn1-c1ccccc1Cl. The number of nitrogens with zero attached hydrogens (tertiary/aromatic N) is 2. The molecule has 122 valence electrons. The zero-order chi connectivity index (χ0) is 16.4. The number of aromatic nitrogens is 2. The number of halogens is 1. The molecule has 1 aliphatic carbocycles. The molecule has 2 unspecified atom stereocenters. The second kappa shape index (κ2) is 6.72. The topological polar surface area (TPSA) is 67.2 Å². The predicted molar refractivity (Wildman–Crippen MR) is 89.0 cm³/mol. The Morgan fingerprint density at radius 1 is 1.35 bits per heavy atom. The van der Waals surface area contributed by atoms with Gasteiger partial charge >= 0.3 is 0 Å². The second-order valence-electron chi connectivity index (χ2n) is 5.94. The van der Waals surface area contributed by atoms with Crippen LogP contribution in [0.25, 0.3) is 5.69 Å². The van der Waals surface area contributed by atoms with Crippen LogP contribution in [0.2, 0.25) is 5.02 Å². The van der Waals surface area contributed by atoms with Gasteiger partial charge in [-0.2, -0.15) is 5.10 Å². The Morgan fingerprint density at radius 2 is 2.09 bits per heavy atom. The van der Waals surface area contributed by atoms with E-state index in [0.29, 0.717) is 10.6 Å². The Bertz CT molecular complexity index is 714. The van der Waals surface area contributed by atoms with Gasteiger partial charge in [-0.1, -0.05) is 36.6 Å². The number of para-hydroxylation sites is 1. The first-order valence-corrected chi connectivity index (χ1v) is 8.24. The summed E-state index contributed by atoms with van der Waals surface area (Å²) >= 11 is 6.20. The Balaban J connectivity index is 1.81. The fourth-order valence-electron chi connectivity index (χ4n) is 3.02. The van der Waals surface area contributed by atoms with Gasteiger partial charge in [-0.15, -0.1) is 0 Å². The maximum Gasteiger partial charge on any atom is 0.255 e. The zero-order valence-corrected chi connectivity index (χ0v) is 13.8. The van der Waals surface area contributed by atoms with E-state index in [9.17, 15) is 9.90 Å². The molecule has 0 aliphatic heterocycles. The number of carbonyl (C=O) groups excluding carboxylic acids is 1. The first-order chi connectivity index (χ1) is 11.1. The van der Waals surface area contributed by atoms with Gasteiger partial charge in [-0.3, -0.25) is 4.79 Å². The number of aliphatic hydroxyl groups excluding tert-OH is 1. The summed E-state index contributed by atoms with van der Waals surface area (Å²) in [7, 11) is 0. The lowest BCUT2D eigenvalue weighted by molar-refractivity contribution is 0.0717. The van der Waals surface area contributed by atoms with E-state index >= 15 is 0 Å². The molecule has 1 heterocycles. The fourth-order valence-corrected chi connectivity index (χ4v) is 3.24. The van der Waals surface area contributed by atoms with Crippen LogP contribution in [0.15, 0.2) is 30.5 Å². The molecular weight excluding hydrogens is 314 g/mol. The minimum atomic E-state index is -0.466. The molecule has 2 N–H and O–H groups in total. The van der Waals surface area contributed by atoms with Crippen molar-refractivity contribution in [3.05, 3.63) is 46.7 Å². The molecule has 6 heteroatoms. The molecule has 2 aromatic rings. The highest BCUT2D eigenvalue weighted by Gasteiger charge is 2.26. The number of hydrogen-bond acceptors (Lipinski definition) is 3. The number of rotatable bonds is 3. The van der Waals surface area contributed by atoms with Crippen LogP contribution in [-0.2, 0) is 0 Å². The zero-order valence-electron chi connectivity index (χ0n) is 13.0. The highest BCUT2D eigenvalue weighted by Crippen LogP contribution is 2.23. The smallest absolute Gasteiger partial charge is 0.255 e. The van der Waals surface area contributed by atoms with Crippen LogP contribution < -0.4 is 5.32 Å². The van der Waals surface area contributed by atoms with Gasteiger partial charge in [0.1, 0.15) is 0 Å². The maximum atomic E-state index is 12.5. The summed E-state index contributed by atoms with van der Waals surface area (Å²) in [6.07, 6.45) is 4.67. The van der Waals surface area contributed by atoms with Crippen molar-refractivity contribution in [1.29, 1.82) is 0 Å². The van der Waals surface area contributed by atoms with Crippen LogP contribution in [0.4, 0.5) is 0 Å². The molecule has 0 spiro atoms. The summed E-state index contributed by atoms with van der Waals surface area (Å²) in [6.45, 7) is 1.84. The number of carbonyl (C=O) groups is 1. The Hall–Kier alpha value is -1.85. The standard InChI is InChI=1S/C17H20ClN3O2/c1-11-12(17(23)20-14-7-3-5-9-16(14)22)10-19-21(11)15-8-4-2-6-13(15)18/h2,4,6,8,10,14,16,22H,3,5,7,9H2,1H3,(H,20,23). The number of nitrogens with one attached hydrogen (secondary N) is 1. The van der Waals surface area contributed by atoms with Crippen molar-refractivity contribution in [1.82, 2.24) is 15.1 Å². The van der Waals surface area contributed by atoms with Crippen LogP contribution in [0.5, 0.6) is 0 Å². The molecule has 1 amide bonds. The Kier molecular flexibility index (Phi) is 4.68. The lowest BCUT2D eigenvalue weighted by Crippen LogP contribution is -2.45. The number of amides is 1. The molecule has 2 atom stereocenters. The Labute approximate surface area is 140 Å². The summed E-state index contributed by atoms with van der Waals surface area (Å²) in [4.78, 5) is 12.5. The number of hydrogen-bond donors (Lipinski definition) is 2. The van der Waals surface area contributed by atoms with Crippen LogP contribution in [0, 0.1) is 6.92 Å². The van der Waals surface area contributed by atoms with E-state index in [1.807, 2.05) is 25.1 Å². The van der Waals surface area contributed by atoms with Gasteiger partial charge in [0.25, 0.3) is 5.91 Å². The first kappa shape index (κ1) is 16.0. The quantitative estimate of drug-likeness (QED) is 0.907. The van der Waals surface area contributed by atoms with Gasteiger partial charge in [0.2, 0.25) is 0 Å². The fraction of sp³-hybridized carbons (Fsp3) is 0.412. The molecule has 0 radical (unpaired) electrons. The van der Waals surface area contributed by atoms with E-state index in [2.05, 4.69) is 10.4 Å². The molecule has 0 saturated heterocycles. The van der Waals surface area contributed by atoms with E-state index in [1.165, 1.54) is 0 Å². The molecule has 0 bridgehead atoms. The average Bonchev–Trinajstić information content (AvgIpc) is 2.92. The van der Waals surface area contributed by atoms with Gasteiger partial charge in [-0.25, -0.2) is 4.68 Å². The molecule has 1 fully saturated rings. The summed E-state index contributed by atoms with van der Waals surface area (Å²) in [5.74, 6) is -0.202. The summed E-state index contributed by atoms with van der Waals surface area (Å²) in [5.41, 5.74) is 1.96. The van der Waals surface area contributed by atoms with Crippen molar-refractivity contribution >= 4 is 17.5 Å². The van der Waals surface area contributed by atoms with Crippen molar-refractivity contribution in [3.8, 4) is 5.69 Å². The van der Waals surface area contributed by atoms with Crippen LogP contribution in [0.3, 0.4) is 0 Å². The monoisotopic (exact) mass is 333 g/mol. The second-order valence-corrected chi connectivity index (χ2v) is 6.35. The molecule has 1 aromatic heterocycles. The van der Waals surface area contributed by atoms with Gasteiger partial charge in [0.05, 0.1) is 40.3 Å². The summed E-state index contributed by atoms with van der Waals surface area (Å²) in [5, 5.41) is 17.8. The number of benzene rings is 1. The minimum Gasteiger partial charge on any atom is -0.391 e. The van der Waals surface area contributed by atoms with E-state index in [0.717, 1.165) is 37.1 Å². The third kappa shape index (κ3) is 3.26. The third-order valence-corrected chi connectivity index (χ3v) is 4.70. The van der Waals surface area contributed by atoms with E-state index in [1.54, 1.807) is 16.9 Å². The van der Waals surface area contributed by atoms with Crippen LogP contribution >= 0.6 is 11.6 Å².